The number of nitrogens with one attached hydrogen (secondary N) is 1. The molecule has 1 amide bonds. The molecule has 0 unspecified atom stereocenters. The van der Waals surface area contributed by atoms with Crippen molar-refractivity contribution >= 4 is 17.3 Å². The number of carbonyl (C=O) groups is 1. The Kier molecular flexibility index (Phi) is 6.51. The standard InChI is InChI=1S/C23H31N3O/c1-18(2)21-9-4-5-10-22(21)24-23(27)11-12-25-13-15-26(16-14-25)20-8-6-7-19(3)17-20/h4-10,17-18H,11-16H2,1-3H3,(H,24,27). The van der Waals surface area contributed by atoms with E-state index >= 15 is 0 Å². The first-order valence-corrected chi connectivity index (χ1v) is 9.95. The zero-order valence-electron chi connectivity index (χ0n) is 16.7. The van der Waals surface area contributed by atoms with Gasteiger partial charge in [-0.2, -0.15) is 0 Å². The Morgan fingerprint density at radius 3 is 2.48 bits per heavy atom. The van der Waals surface area contributed by atoms with Crippen molar-refractivity contribution in [2.24, 2.45) is 0 Å². The van der Waals surface area contributed by atoms with E-state index in [1.165, 1.54) is 16.8 Å². The fourth-order valence-corrected chi connectivity index (χ4v) is 3.64. The van der Waals surface area contributed by atoms with Crippen molar-refractivity contribution in [3.8, 4) is 0 Å². The lowest BCUT2D eigenvalue weighted by molar-refractivity contribution is -0.116. The van der Waals surface area contributed by atoms with Gasteiger partial charge in [-0.15, -0.1) is 0 Å². The molecule has 27 heavy (non-hydrogen) atoms. The van der Waals surface area contributed by atoms with Gasteiger partial charge in [0.25, 0.3) is 0 Å². The molecule has 2 aromatic carbocycles. The van der Waals surface area contributed by atoms with Crippen molar-refractivity contribution in [3.63, 3.8) is 0 Å². The summed E-state index contributed by atoms with van der Waals surface area (Å²) >= 11 is 0. The highest BCUT2D eigenvalue weighted by Gasteiger charge is 2.18. The second-order valence-corrected chi connectivity index (χ2v) is 7.71. The molecule has 4 heteroatoms. The van der Waals surface area contributed by atoms with Gasteiger partial charge < -0.3 is 10.2 Å². The Balaban J connectivity index is 1.46. The number of aryl methyl sites for hydroxylation is 1. The molecule has 4 nitrogen and oxygen atoms in total. The third-order valence-electron chi connectivity index (χ3n) is 5.25. The highest BCUT2D eigenvalue weighted by atomic mass is 16.1. The molecular formula is C23H31N3O. The van der Waals surface area contributed by atoms with Crippen LogP contribution in [0.15, 0.2) is 48.5 Å². The minimum absolute atomic E-state index is 0.101. The largest absolute Gasteiger partial charge is 0.369 e. The van der Waals surface area contributed by atoms with Gasteiger partial charge in [0.15, 0.2) is 0 Å². The van der Waals surface area contributed by atoms with Crippen molar-refractivity contribution in [2.45, 2.75) is 33.1 Å². The average molecular weight is 366 g/mol. The third kappa shape index (κ3) is 5.33. The van der Waals surface area contributed by atoms with E-state index in [0.717, 1.165) is 38.4 Å². The van der Waals surface area contributed by atoms with E-state index in [-0.39, 0.29) is 5.91 Å². The SMILES string of the molecule is Cc1cccc(N2CCN(CCC(=O)Nc3ccccc3C(C)C)CC2)c1. The van der Waals surface area contributed by atoms with Gasteiger partial charge in [0.2, 0.25) is 5.91 Å². The van der Waals surface area contributed by atoms with Gasteiger partial charge in [-0.25, -0.2) is 0 Å². The van der Waals surface area contributed by atoms with E-state index in [1.807, 2.05) is 18.2 Å². The molecule has 3 rings (SSSR count). The number of piperazine rings is 1. The molecule has 0 atom stereocenters. The molecule has 2 aromatic rings. The molecule has 0 aromatic heterocycles. The third-order valence-corrected chi connectivity index (χ3v) is 5.25. The summed E-state index contributed by atoms with van der Waals surface area (Å²) in [5.41, 5.74) is 4.74. The number of nitrogens with zero attached hydrogens (tertiary/aromatic N) is 2. The topological polar surface area (TPSA) is 35.6 Å². The number of amides is 1. The number of para-hydroxylation sites is 1. The minimum Gasteiger partial charge on any atom is -0.369 e. The van der Waals surface area contributed by atoms with Crippen molar-refractivity contribution < 1.29 is 4.79 Å². The monoisotopic (exact) mass is 365 g/mol. The van der Waals surface area contributed by atoms with E-state index < -0.39 is 0 Å². The first kappa shape index (κ1) is 19.4. The summed E-state index contributed by atoms with van der Waals surface area (Å²) in [6.07, 6.45) is 0.539. The van der Waals surface area contributed by atoms with Gasteiger partial charge in [-0.3, -0.25) is 9.69 Å². The van der Waals surface area contributed by atoms with Crippen LogP contribution in [0.1, 0.15) is 37.3 Å². The molecule has 0 radical (unpaired) electrons. The van der Waals surface area contributed by atoms with Gasteiger partial charge in [0.05, 0.1) is 0 Å². The van der Waals surface area contributed by atoms with Crippen LogP contribution in [0.5, 0.6) is 0 Å². The summed E-state index contributed by atoms with van der Waals surface area (Å²) in [7, 11) is 0. The molecular weight excluding hydrogens is 334 g/mol. The fourth-order valence-electron chi connectivity index (χ4n) is 3.64. The van der Waals surface area contributed by atoms with Crippen LogP contribution in [0, 0.1) is 6.92 Å². The smallest absolute Gasteiger partial charge is 0.225 e. The first-order valence-electron chi connectivity index (χ1n) is 9.95. The maximum Gasteiger partial charge on any atom is 0.225 e. The maximum atomic E-state index is 12.4. The first-order chi connectivity index (χ1) is 13.0. The second-order valence-electron chi connectivity index (χ2n) is 7.71. The molecule has 1 heterocycles. The number of anilines is 2. The summed E-state index contributed by atoms with van der Waals surface area (Å²) in [4.78, 5) is 17.2. The summed E-state index contributed by atoms with van der Waals surface area (Å²) in [6.45, 7) is 11.3. The van der Waals surface area contributed by atoms with Gasteiger partial charge >= 0.3 is 0 Å². The Labute approximate surface area is 163 Å². The Morgan fingerprint density at radius 1 is 1.04 bits per heavy atom. The molecule has 1 saturated heterocycles. The van der Waals surface area contributed by atoms with Crippen molar-refractivity contribution in [3.05, 3.63) is 59.7 Å². The van der Waals surface area contributed by atoms with Crippen LogP contribution in [-0.4, -0.2) is 43.5 Å². The maximum absolute atomic E-state index is 12.4. The van der Waals surface area contributed by atoms with Gasteiger partial charge in [0, 0.05) is 50.5 Å². The predicted molar refractivity (Wildman–Crippen MR) is 114 cm³/mol. The van der Waals surface area contributed by atoms with Crippen molar-refractivity contribution in [2.75, 3.05) is 42.9 Å². The summed E-state index contributed by atoms with van der Waals surface area (Å²) in [5.74, 6) is 0.500. The number of rotatable bonds is 6. The zero-order valence-corrected chi connectivity index (χ0v) is 16.7. The Hall–Kier alpha value is -2.33. The van der Waals surface area contributed by atoms with E-state index in [4.69, 9.17) is 0 Å². The zero-order chi connectivity index (χ0) is 19.2. The predicted octanol–water partition coefficient (Wildman–Crippen LogP) is 4.27. The normalized spacial score (nSPS) is 15.2. The van der Waals surface area contributed by atoms with E-state index in [2.05, 4.69) is 66.2 Å². The molecule has 0 aliphatic carbocycles. The Morgan fingerprint density at radius 2 is 1.78 bits per heavy atom. The van der Waals surface area contributed by atoms with Crippen molar-refractivity contribution in [1.29, 1.82) is 0 Å². The lowest BCUT2D eigenvalue weighted by Gasteiger charge is -2.36. The fraction of sp³-hybridized carbons (Fsp3) is 0.435. The molecule has 0 bridgehead atoms. The summed E-state index contributed by atoms with van der Waals surface area (Å²) in [5, 5.41) is 3.10. The van der Waals surface area contributed by atoms with E-state index in [1.54, 1.807) is 0 Å². The lowest BCUT2D eigenvalue weighted by atomic mass is 10.0. The molecule has 1 aliphatic rings. The van der Waals surface area contributed by atoms with Gasteiger partial charge in [-0.1, -0.05) is 44.2 Å². The highest BCUT2D eigenvalue weighted by molar-refractivity contribution is 5.91. The summed E-state index contributed by atoms with van der Waals surface area (Å²) in [6, 6.07) is 16.8. The van der Waals surface area contributed by atoms with Crippen LogP contribution < -0.4 is 10.2 Å². The molecule has 0 saturated carbocycles. The number of hydrogen-bond acceptors (Lipinski definition) is 3. The van der Waals surface area contributed by atoms with Crippen LogP contribution in [0.2, 0.25) is 0 Å². The van der Waals surface area contributed by atoms with Gasteiger partial charge in [-0.05, 0) is 42.2 Å². The molecule has 0 spiro atoms. The van der Waals surface area contributed by atoms with Crippen LogP contribution in [0.4, 0.5) is 11.4 Å². The highest BCUT2D eigenvalue weighted by Crippen LogP contribution is 2.24. The van der Waals surface area contributed by atoms with Crippen LogP contribution in [0.3, 0.4) is 0 Å². The minimum atomic E-state index is 0.101. The molecule has 1 fully saturated rings. The van der Waals surface area contributed by atoms with Crippen LogP contribution in [0.25, 0.3) is 0 Å². The van der Waals surface area contributed by atoms with E-state index in [0.29, 0.717) is 12.3 Å². The molecule has 1 aliphatic heterocycles. The average Bonchev–Trinajstić information content (AvgIpc) is 2.67. The molecule has 144 valence electrons. The molecule has 1 N–H and O–H groups in total. The van der Waals surface area contributed by atoms with Gasteiger partial charge in [0.1, 0.15) is 0 Å². The Bertz CT molecular complexity index is 764. The lowest BCUT2D eigenvalue weighted by Crippen LogP contribution is -2.47. The van der Waals surface area contributed by atoms with E-state index in [9.17, 15) is 4.79 Å². The summed E-state index contributed by atoms with van der Waals surface area (Å²) < 4.78 is 0. The number of carbonyl (C=O) groups excluding carboxylic acids is 1. The number of hydrogen-bond donors (Lipinski definition) is 1. The van der Waals surface area contributed by atoms with Crippen molar-refractivity contribution in [1.82, 2.24) is 4.90 Å². The van der Waals surface area contributed by atoms with Crippen LogP contribution >= 0.6 is 0 Å². The quantitative estimate of drug-likeness (QED) is 0.830. The second kappa shape index (κ2) is 9.05. The number of benzene rings is 2. The van der Waals surface area contributed by atoms with Crippen LogP contribution in [-0.2, 0) is 4.79 Å².